The molecule has 24 nitrogen and oxygen atoms in total. The lowest BCUT2D eigenvalue weighted by atomic mass is 9.95. The van der Waals surface area contributed by atoms with Crippen molar-refractivity contribution in [3.8, 4) is 24.7 Å². The fraction of sp³-hybridized carbons (Fsp3) is 0.304. The number of nitrogens with zero attached hydrogens (tertiary/aromatic N) is 12. The summed E-state index contributed by atoms with van der Waals surface area (Å²) in [7, 11) is 2.31. The third-order valence-electron chi connectivity index (χ3n) is 21.0. The number of aliphatic imine (C=N–C) groups is 4. The number of likely N-dealkylation sites (N-methyl/N-ethyl adjacent to an activating group) is 1. The summed E-state index contributed by atoms with van der Waals surface area (Å²) in [4.78, 5) is 109. The predicted octanol–water partition coefficient (Wildman–Crippen LogP) is 12.0. The van der Waals surface area contributed by atoms with E-state index in [1.807, 2.05) is 79.7 Å². The van der Waals surface area contributed by atoms with Gasteiger partial charge >= 0.3 is 24.6 Å². The van der Waals surface area contributed by atoms with Crippen LogP contribution in [0.2, 0.25) is 20.1 Å². The molecule has 650 valence electrons. The average molecular weight is 1890 g/mol. The van der Waals surface area contributed by atoms with Crippen LogP contribution in [0.1, 0.15) is 142 Å². The molecular formula is C92H91Cl4F4IN16O8. The first-order valence-corrected chi connectivity index (χ1v) is 40.9. The van der Waals surface area contributed by atoms with Crippen molar-refractivity contribution in [2.75, 3.05) is 85.6 Å². The monoisotopic (exact) mass is 1890 g/mol. The number of terminal acetylenes is 2. The zero-order valence-electron chi connectivity index (χ0n) is 69.1. The third kappa shape index (κ3) is 29.5. The molecule has 0 bridgehead atoms. The van der Waals surface area contributed by atoms with Crippen molar-refractivity contribution in [3.05, 3.63) is 304 Å². The quantitative estimate of drug-likeness (QED) is 0.0204. The molecule has 4 aromatic heterocycles. The molecule has 8 aromatic rings. The van der Waals surface area contributed by atoms with Gasteiger partial charge in [0.1, 0.15) is 76.8 Å². The van der Waals surface area contributed by atoms with Gasteiger partial charge in [-0.05, 0) is 208 Å². The van der Waals surface area contributed by atoms with Gasteiger partial charge in [0.2, 0.25) is 0 Å². The number of hydrogen-bond acceptors (Lipinski definition) is 23. The summed E-state index contributed by atoms with van der Waals surface area (Å²) in [6.45, 7) is 19.8. The van der Waals surface area contributed by atoms with Gasteiger partial charge in [0.05, 0.1) is 32.4 Å². The van der Waals surface area contributed by atoms with Crippen LogP contribution in [0.4, 0.5) is 17.6 Å². The predicted molar refractivity (Wildman–Crippen MR) is 463 cm³/mol. The Kier molecular flexibility index (Phi) is 41.5. The molecule has 15 rings (SSSR count). The van der Waals surface area contributed by atoms with Gasteiger partial charge in [-0.3, -0.25) is 54.6 Å². The van der Waals surface area contributed by atoms with Crippen LogP contribution in [0.15, 0.2) is 235 Å². The highest BCUT2D eigenvalue weighted by Crippen LogP contribution is 2.41. The summed E-state index contributed by atoms with van der Waals surface area (Å²) in [5.41, 5.74) is 15.0. The van der Waals surface area contributed by atoms with Crippen molar-refractivity contribution in [3.63, 3.8) is 0 Å². The number of hydrogen-bond donors (Lipinski definition) is 4. The Balaban J connectivity index is 0.000000219. The Morgan fingerprint density at radius 3 is 0.984 bits per heavy atom. The van der Waals surface area contributed by atoms with E-state index in [4.69, 9.17) is 118 Å². The normalized spacial score (nSPS) is 18.0. The molecule has 4 unspecified atom stereocenters. The van der Waals surface area contributed by atoms with Gasteiger partial charge in [-0.25, -0.2) is 17.6 Å². The van der Waals surface area contributed by atoms with Gasteiger partial charge in [-0.15, -0.1) is 18.8 Å². The van der Waals surface area contributed by atoms with E-state index >= 15 is 0 Å². The van der Waals surface area contributed by atoms with Crippen LogP contribution >= 0.6 is 46.4 Å². The van der Waals surface area contributed by atoms with E-state index in [9.17, 15) is 17.6 Å². The van der Waals surface area contributed by atoms with E-state index < -0.39 is 0 Å². The van der Waals surface area contributed by atoms with Crippen LogP contribution in [-0.4, -0.2) is 173 Å². The van der Waals surface area contributed by atoms with E-state index in [2.05, 4.69) is 95.6 Å². The molecule has 3 fully saturated rings. The number of benzene rings is 4. The average Bonchev–Trinajstić information content (AvgIpc) is 1.60. The van der Waals surface area contributed by atoms with Crippen molar-refractivity contribution in [1.29, 1.82) is 0 Å². The lowest BCUT2D eigenvalue weighted by molar-refractivity contribution is -0.893. The number of piperazine rings is 1. The second-order valence-corrected chi connectivity index (χ2v) is 30.9. The molecule has 0 radical (unpaired) electrons. The summed E-state index contributed by atoms with van der Waals surface area (Å²) in [6.07, 6.45) is 26.2. The van der Waals surface area contributed by atoms with Crippen molar-refractivity contribution >= 4 is 94.4 Å². The number of halogens is 9. The van der Waals surface area contributed by atoms with Crippen LogP contribution in [0, 0.1) is 48.0 Å². The van der Waals surface area contributed by atoms with Crippen molar-refractivity contribution in [2.45, 2.75) is 96.8 Å². The van der Waals surface area contributed by atoms with E-state index in [0.29, 0.717) is 44.7 Å². The molecule has 3 saturated heterocycles. The molecule has 0 amide bonds. The number of likely N-dealkylation sites (tertiary alicyclic amines) is 2. The van der Waals surface area contributed by atoms with Gasteiger partial charge in [-0.2, -0.15) is 38.4 Å². The molecule has 125 heavy (non-hydrogen) atoms. The largest absolute Gasteiger partial charge is 1.00 e. The maximum atomic E-state index is 13.6. The molecule has 11 heterocycles. The topological polar surface area (TPSA) is 295 Å². The van der Waals surface area contributed by atoms with Crippen molar-refractivity contribution in [2.24, 2.45) is 20.0 Å². The second kappa shape index (κ2) is 51.6. The molecule has 0 spiro atoms. The Labute approximate surface area is 760 Å². The molecule has 7 aliphatic rings. The second-order valence-electron chi connectivity index (χ2n) is 29.3. The molecule has 4 N–H and O–H groups in total. The van der Waals surface area contributed by atoms with Crippen LogP contribution < -0.4 is 45.2 Å². The molecule has 33 heteroatoms. The van der Waals surface area contributed by atoms with E-state index in [1.165, 1.54) is 87.3 Å². The highest BCUT2D eigenvalue weighted by molar-refractivity contribution is 6.32. The van der Waals surface area contributed by atoms with Gasteiger partial charge < -0.3 is 49.7 Å². The molecule has 0 aliphatic carbocycles. The number of carbonyl (C=O) groups excluding carboxylic acids is 8. The fourth-order valence-electron chi connectivity index (χ4n) is 14.7. The summed E-state index contributed by atoms with van der Waals surface area (Å²) < 4.78 is 55.3. The number of rotatable bonds is 18. The van der Waals surface area contributed by atoms with Crippen molar-refractivity contribution < 1.29 is 84.4 Å². The van der Waals surface area contributed by atoms with E-state index in [0.717, 1.165) is 178 Å². The molecule has 4 atom stereocenters. The SMILES string of the molecule is C#CCCCC1=C(C)C(c2ccc(F)cc2Cl)N=C(c2ccccn2)N1.C#CCN1CCN(CC2=C(C)C(c3ccc(F)cc3Cl)N=C(c3ccccn3)N2)CC1.CC1=C(CN2CCCC2)NC(c2ccccn2)=NC1c1ccc(F)cc1Cl.CC1=C(C[N+]2(C)CCCC2)NC(c2ccccn2)=NC1c1ccc(F)cc1Cl.O=C=O.O=C=O.O=C=O.O=C=O.[I-]. The molecular weight excluding hydrogens is 1800 g/mol. The minimum absolute atomic E-state index is 0. The summed E-state index contributed by atoms with van der Waals surface area (Å²) in [5.74, 6) is 6.81. The van der Waals surface area contributed by atoms with E-state index in [1.54, 1.807) is 49.1 Å². The Morgan fingerprint density at radius 2 is 0.688 bits per heavy atom. The molecule has 0 saturated carbocycles. The number of allylic oxidation sites excluding steroid dienone is 1. The highest BCUT2D eigenvalue weighted by atomic mass is 127. The van der Waals surface area contributed by atoms with Gasteiger partial charge in [0, 0.05) is 121 Å². The van der Waals surface area contributed by atoms with Gasteiger partial charge in [0.15, 0.2) is 23.3 Å². The maximum Gasteiger partial charge on any atom is 0.373 e. The number of quaternary nitrogens is 1. The lowest BCUT2D eigenvalue weighted by Gasteiger charge is -2.36. The van der Waals surface area contributed by atoms with Gasteiger partial charge in [0.25, 0.3) is 0 Å². The minimum atomic E-state index is -0.363. The van der Waals surface area contributed by atoms with Crippen molar-refractivity contribution in [1.82, 2.24) is 55.9 Å². The van der Waals surface area contributed by atoms with Crippen LogP contribution in [0.25, 0.3) is 0 Å². The summed E-state index contributed by atoms with van der Waals surface area (Å²) in [6, 6.07) is 39.8. The highest BCUT2D eigenvalue weighted by Gasteiger charge is 2.35. The van der Waals surface area contributed by atoms with Crippen LogP contribution in [0.3, 0.4) is 0 Å². The third-order valence-corrected chi connectivity index (χ3v) is 22.3. The van der Waals surface area contributed by atoms with Crippen LogP contribution in [-0.2, 0) is 38.4 Å². The minimum Gasteiger partial charge on any atom is -1.00 e. The summed E-state index contributed by atoms with van der Waals surface area (Å²) >= 11 is 25.5. The smallest absolute Gasteiger partial charge is 0.373 e. The maximum absolute atomic E-state index is 13.6. The standard InChI is InChI=1S/C24H25ClFN5.C22H25ClFN4.C21H22ClFN4.C21H19ClFN3.4CO2.HI/c1-3-10-30-11-13-31(14-12-30)16-22-17(2)23(19-8-7-18(26)15-20(19)25)29-24(28-22)21-6-4-5-9-27-21;1-15-20(14-28(2)11-5-6-12-28)26-22(19-7-3-4-10-25-19)27-21(15)17-9-8-16(24)13-18(17)23;1-14-19(13-27-10-4-5-11-27)25-21(18-6-2-3-9-24-18)26-20(14)16-8-7-15(23)12-17(16)22;1-3-4-5-8-18-14(2)20(16-11-10-15(23)13-17(16)22)26-21(25-18)19-9-6-7-12-24-19;4*2-1-3;/h1,4-9,15,23H,10-14,16H2,2H3,(H,28,29);3-4,7-10,13,21H,5-6,11-12,14H2,1-2H3,(H,26,27);2-3,6-9,12,20H,4-5,10-11,13H2,1H3,(H,25,26);1,6-7,9-13,20H,4-5,8H2,2H3,(H,25,26);;;;;1H/q;+1;;;;;;;/p-1. The zero-order valence-corrected chi connectivity index (χ0v) is 74.3. The first kappa shape index (κ1) is 101. The Hall–Kier alpha value is -11.6. The first-order valence-electron chi connectivity index (χ1n) is 39.4. The Bertz CT molecular complexity index is 5440. The number of unbranched alkanes of at least 4 members (excludes halogenated alkanes) is 1. The summed E-state index contributed by atoms with van der Waals surface area (Å²) in [5, 5.41) is 15.4. The molecule has 4 aromatic carbocycles. The Morgan fingerprint density at radius 1 is 0.400 bits per heavy atom. The first-order chi connectivity index (χ1) is 59.9. The fourth-order valence-corrected chi connectivity index (χ4v) is 15.8. The van der Waals surface area contributed by atoms with Crippen LogP contribution in [0.5, 0.6) is 0 Å². The number of nitrogens with one attached hydrogen (secondary N) is 4. The number of amidine groups is 4. The van der Waals surface area contributed by atoms with E-state index in [-0.39, 0.29) is 96.0 Å². The zero-order chi connectivity index (χ0) is 89.7. The molecule has 7 aliphatic heterocycles. The number of aromatic nitrogens is 4. The number of pyridine rings is 4. The lowest BCUT2D eigenvalue weighted by Crippen LogP contribution is -3.00. The van der Waals surface area contributed by atoms with Gasteiger partial charge in [-0.1, -0.05) is 101 Å².